The molecule has 1 amide bonds. The highest BCUT2D eigenvalue weighted by Gasteiger charge is 2.30. The van der Waals surface area contributed by atoms with Crippen LogP contribution in [-0.2, 0) is 4.79 Å². The minimum atomic E-state index is -4.77. The van der Waals surface area contributed by atoms with Gasteiger partial charge in [-0.25, -0.2) is 4.39 Å². The maximum Gasteiger partial charge on any atom is 0.573 e. The number of amides is 1. The number of hydrogen-bond acceptors (Lipinski definition) is 3. The highest BCUT2D eigenvalue weighted by atomic mass is 35.5. The number of ether oxygens (including phenoxy) is 1. The molecule has 0 heterocycles. The molecule has 9 heteroatoms. The zero-order valence-corrected chi connectivity index (χ0v) is 12.7. The third kappa shape index (κ3) is 5.62. The third-order valence-corrected chi connectivity index (χ3v) is 3.05. The number of halogens is 5. The predicted molar refractivity (Wildman–Crippen MR) is 81.7 cm³/mol. The lowest BCUT2D eigenvalue weighted by molar-refractivity contribution is -0.274. The molecular weight excluding hydrogens is 352 g/mol. The highest BCUT2D eigenvalue weighted by Crippen LogP contribution is 2.24. The summed E-state index contributed by atoms with van der Waals surface area (Å²) in [5.74, 6) is -1.35. The monoisotopic (exact) mass is 362 g/mol. The van der Waals surface area contributed by atoms with Crippen LogP contribution in [0.5, 0.6) is 5.75 Å². The molecule has 0 saturated heterocycles. The highest BCUT2D eigenvalue weighted by molar-refractivity contribution is 6.33. The first-order chi connectivity index (χ1) is 11.2. The molecular formula is C15H11ClF4N2O2. The molecule has 0 saturated carbocycles. The second-order valence-corrected chi connectivity index (χ2v) is 5.01. The molecule has 2 N–H and O–H groups in total. The molecule has 0 aromatic heterocycles. The fourth-order valence-corrected chi connectivity index (χ4v) is 1.99. The van der Waals surface area contributed by atoms with E-state index in [2.05, 4.69) is 15.4 Å². The Morgan fingerprint density at radius 1 is 1.12 bits per heavy atom. The Hall–Kier alpha value is -2.48. The van der Waals surface area contributed by atoms with Crippen molar-refractivity contribution >= 4 is 28.9 Å². The van der Waals surface area contributed by atoms with Crippen LogP contribution in [0.3, 0.4) is 0 Å². The van der Waals surface area contributed by atoms with Crippen LogP contribution in [-0.4, -0.2) is 18.8 Å². The molecule has 0 bridgehead atoms. The molecule has 2 aromatic carbocycles. The van der Waals surface area contributed by atoms with Crippen molar-refractivity contribution in [3.05, 3.63) is 53.3 Å². The molecule has 4 nitrogen and oxygen atoms in total. The Bertz CT molecular complexity index is 720. The van der Waals surface area contributed by atoms with E-state index in [9.17, 15) is 22.4 Å². The van der Waals surface area contributed by atoms with Gasteiger partial charge in [-0.05, 0) is 42.5 Å². The number of rotatable bonds is 5. The minimum absolute atomic E-state index is 0.122. The largest absolute Gasteiger partial charge is 0.573 e. The maximum atomic E-state index is 12.9. The molecule has 0 fully saturated rings. The van der Waals surface area contributed by atoms with Crippen LogP contribution in [0.15, 0.2) is 42.5 Å². The molecule has 24 heavy (non-hydrogen) atoms. The van der Waals surface area contributed by atoms with Gasteiger partial charge >= 0.3 is 6.36 Å². The Morgan fingerprint density at radius 3 is 2.38 bits per heavy atom. The fourth-order valence-electron chi connectivity index (χ4n) is 1.75. The molecule has 128 valence electrons. The standard InChI is InChI=1S/C15H11ClF4N2O2/c16-12-7-9(17)1-6-13(12)21-8-14(23)22-10-2-4-11(5-3-10)24-15(18,19)20/h1-7,21H,8H2,(H,22,23). The predicted octanol–water partition coefficient (Wildman–Crippen LogP) is 4.43. The molecule has 0 atom stereocenters. The molecule has 0 aliphatic heterocycles. The Labute approximate surface area is 139 Å². The second-order valence-electron chi connectivity index (χ2n) is 4.60. The van der Waals surface area contributed by atoms with Gasteiger partial charge in [0.15, 0.2) is 0 Å². The smallest absolute Gasteiger partial charge is 0.406 e. The number of anilines is 2. The van der Waals surface area contributed by atoms with Gasteiger partial charge in [0, 0.05) is 5.69 Å². The second kappa shape index (κ2) is 7.39. The number of carbonyl (C=O) groups excluding carboxylic acids is 1. The molecule has 0 radical (unpaired) electrons. The molecule has 0 aliphatic carbocycles. The summed E-state index contributed by atoms with van der Waals surface area (Å²) in [7, 11) is 0. The van der Waals surface area contributed by atoms with Gasteiger partial charge in [0.05, 0.1) is 17.3 Å². The van der Waals surface area contributed by atoms with E-state index in [-0.39, 0.29) is 11.6 Å². The fraction of sp³-hybridized carbons (Fsp3) is 0.133. The van der Waals surface area contributed by atoms with Crippen LogP contribution in [0.2, 0.25) is 5.02 Å². The Morgan fingerprint density at radius 2 is 1.79 bits per heavy atom. The Balaban J connectivity index is 1.88. The summed E-state index contributed by atoms with van der Waals surface area (Å²) >= 11 is 5.80. The number of nitrogens with one attached hydrogen (secondary N) is 2. The normalized spacial score (nSPS) is 11.0. The van der Waals surface area contributed by atoms with E-state index in [1.165, 1.54) is 24.3 Å². The summed E-state index contributed by atoms with van der Waals surface area (Å²) in [4.78, 5) is 11.8. The number of carbonyl (C=O) groups is 1. The van der Waals surface area contributed by atoms with Crippen molar-refractivity contribution in [2.24, 2.45) is 0 Å². The lowest BCUT2D eigenvalue weighted by Crippen LogP contribution is -2.22. The zero-order chi connectivity index (χ0) is 17.7. The third-order valence-electron chi connectivity index (χ3n) is 2.74. The molecule has 2 rings (SSSR count). The summed E-state index contributed by atoms with van der Waals surface area (Å²) in [5.41, 5.74) is 0.670. The minimum Gasteiger partial charge on any atom is -0.406 e. The first-order valence-electron chi connectivity index (χ1n) is 6.57. The summed E-state index contributed by atoms with van der Waals surface area (Å²) in [6.45, 7) is -0.161. The number of alkyl halides is 3. The van der Waals surface area contributed by atoms with Gasteiger partial charge in [0.25, 0.3) is 0 Å². The molecule has 2 aromatic rings. The van der Waals surface area contributed by atoms with Crippen LogP contribution >= 0.6 is 11.6 Å². The van der Waals surface area contributed by atoms with Crippen molar-refractivity contribution in [3.8, 4) is 5.75 Å². The van der Waals surface area contributed by atoms with Gasteiger partial charge in [0.1, 0.15) is 11.6 Å². The van der Waals surface area contributed by atoms with Gasteiger partial charge in [-0.15, -0.1) is 13.2 Å². The Kier molecular flexibility index (Phi) is 5.50. The van der Waals surface area contributed by atoms with Crippen molar-refractivity contribution in [3.63, 3.8) is 0 Å². The molecule has 0 aliphatic rings. The van der Waals surface area contributed by atoms with E-state index in [0.29, 0.717) is 11.4 Å². The summed E-state index contributed by atoms with van der Waals surface area (Å²) in [6.07, 6.45) is -4.77. The van der Waals surface area contributed by atoms with Crippen LogP contribution in [0.4, 0.5) is 28.9 Å². The lowest BCUT2D eigenvalue weighted by atomic mass is 10.3. The van der Waals surface area contributed by atoms with Gasteiger partial charge < -0.3 is 15.4 Å². The summed E-state index contributed by atoms with van der Waals surface area (Å²) in [6, 6.07) is 8.36. The van der Waals surface area contributed by atoms with Crippen molar-refractivity contribution in [1.29, 1.82) is 0 Å². The number of benzene rings is 2. The summed E-state index contributed by atoms with van der Waals surface area (Å²) < 4.78 is 52.7. The van der Waals surface area contributed by atoms with Crippen LogP contribution in [0.25, 0.3) is 0 Å². The maximum absolute atomic E-state index is 12.9. The average molecular weight is 363 g/mol. The van der Waals surface area contributed by atoms with E-state index in [0.717, 1.165) is 18.2 Å². The van der Waals surface area contributed by atoms with E-state index in [1.807, 2.05) is 0 Å². The van der Waals surface area contributed by atoms with Crippen LogP contribution < -0.4 is 15.4 Å². The molecule has 0 unspecified atom stereocenters. The van der Waals surface area contributed by atoms with Crippen molar-refractivity contribution in [2.45, 2.75) is 6.36 Å². The topological polar surface area (TPSA) is 50.4 Å². The summed E-state index contributed by atoms with van der Waals surface area (Å²) in [5, 5.41) is 5.32. The first-order valence-corrected chi connectivity index (χ1v) is 6.95. The lowest BCUT2D eigenvalue weighted by Gasteiger charge is -2.11. The van der Waals surface area contributed by atoms with Crippen LogP contribution in [0.1, 0.15) is 0 Å². The van der Waals surface area contributed by atoms with Crippen molar-refractivity contribution in [1.82, 2.24) is 0 Å². The number of hydrogen-bond donors (Lipinski definition) is 2. The van der Waals surface area contributed by atoms with Gasteiger partial charge in [-0.2, -0.15) is 0 Å². The van der Waals surface area contributed by atoms with Crippen molar-refractivity contribution in [2.75, 3.05) is 17.2 Å². The van der Waals surface area contributed by atoms with Crippen molar-refractivity contribution < 1.29 is 27.1 Å². The SMILES string of the molecule is O=C(CNc1ccc(F)cc1Cl)Nc1ccc(OC(F)(F)F)cc1. The zero-order valence-electron chi connectivity index (χ0n) is 12.0. The van der Waals surface area contributed by atoms with E-state index < -0.39 is 23.8 Å². The quantitative estimate of drug-likeness (QED) is 0.774. The van der Waals surface area contributed by atoms with E-state index in [1.54, 1.807) is 0 Å². The van der Waals surface area contributed by atoms with Gasteiger partial charge in [0.2, 0.25) is 5.91 Å². The molecule has 0 spiro atoms. The first kappa shape index (κ1) is 17.9. The van der Waals surface area contributed by atoms with Gasteiger partial charge in [-0.3, -0.25) is 4.79 Å². The van der Waals surface area contributed by atoms with Crippen LogP contribution in [0, 0.1) is 5.82 Å². The van der Waals surface area contributed by atoms with E-state index >= 15 is 0 Å². The van der Waals surface area contributed by atoms with Gasteiger partial charge in [-0.1, -0.05) is 11.6 Å². The van der Waals surface area contributed by atoms with E-state index in [4.69, 9.17) is 11.6 Å². The average Bonchev–Trinajstić information content (AvgIpc) is 2.47.